The lowest BCUT2D eigenvalue weighted by Gasteiger charge is -2.27. The summed E-state index contributed by atoms with van der Waals surface area (Å²) in [4.78, 5) is 27.1. The molecular weight excluding hydrogens is 459 g/mol. The lowest BCUT2D eigenvalue weighted by Crippen LogP contribution is -2.39. The highest BCUT2D eigenvalue weighted by molar-refractivity contribution is 6.35. The molecule has 0 aliphatic carbocycles. The normalized spacial score (nSPS) is 13.3. The van der Waals surface area contributed by atoms with Crippen LogP contribution in [0.4, 0.5) is 0 Å². The highest BCUT2D eigenvalue weighted by Gasteiger charge is 2.27. The van der Waals surface area contributed by atoms with E-state index in [1.54, 1.807) is 39.9 Å². The largest absolute Gasteiger partial charge is 0.350 e. The topological polar surface area (TPSA) is 67.2 Å². The Morgan fingerprint density at radius 2 is 1.74 bits per heavy atom. The third-order valence-corrected chi connectivity index (χ3v) is 5.92. The van der Waals surface area contributed by atoms with E-state index in [0.717, 1.165) is 11.1 Å². The van der Waals surface area contributed by atoms with Gasteiger partial charge in [-0.2, -0.15) is 5.10 Å². The Morgan fingerprint density at radius 3 is 2.48 bits per heavy atom. The number of halogens is 3. The van der Waals surface area contributed by atoms with Crippen molar-refractivity contribution < 1.29 is 9.59 Å². The maximum Gasteiger partial charge on any atom is 0.272 e. The van der Waals surface area contributed by atoms with E-state index in [4.69, 9.17) is 34.8 Å². The van der Waals surface area contributed by atoms with Crippen LogP contribution in [0.5, 0.6) is 0 Å². The lowest BCUT2D eigenvalue weighted by molar-refractivity contribution is 0.0683. The van der Waals surface area contributed by atoms with Crippen LogP contribution >= 0.6 is 34.8 Å². The van der Waals surface area contributed by atoms with E-state index in [-0.39, 0.29) is 17.5 Å². The maximum absolute atomic E-state index is 12.9. The van der Waals surface area contributed by atoms with Gasteiger partial charge in [-0.1, -0.05) is 53.0 Å². The zero-order chi connectivity index (χ0) is 22.0. The highest BCUT2D eigenvalue weighted by Crippen LogP contribution is 2.21. The molecular formula is C22H19Cl3N4O2. The van der Waals surface area contributed by atoms with E-state index in [9.17, 15) is 9.59 Å². The maximum atomic E-state index is 12.9. The van der Waals surface area contributed by atoms with Gasteiger partial charge in [-0.15, -0.1) is 0 Å². The van der Waals surface area contributed by atoms with E-state index in [0.29, 0.717) is 53.4 Å². The Hall–Kier alpha value is -2.54. The number of fused-ring (bicyclic) bond motifs is 1. The summed E-state index contributed by atoms with van der Waals surface area (Å²) >= 11 is 18.0. The van der Waals surface area contributed by atoms with Gasteiger partial charge in [0.25, 0.3) is 11.8 Å². The molecule has 0 radical (unpaired) electrons. The van der Waals surface area contributed by atoms with Crippen molar-refractivity contribution in [1.82, 2.24) is 20.0 Å². The van der Waals surface area contributed by atoms with Crippen molar-refractivity contribution >= 4 is 46.6 Å². The summed E-state index contributed by atoms with van der Waals surface area (Å²) in [5, 5.41) is 8.91. The number of rotatable bonds is 6. The van der Waals surface area contributed by atoms with Gasteiger partial charge in [0.1, 0.15) is 5.69 Å². The molecule has 1 aliphatic rings. The van der Waals surface area contributed by atoms with E-state index in [1.165, 1.54) is 0 Å². The molecule has 160 valence electrons. The number of benzene rings is 2. The minimum Gasteiger partial charge on any atom is -0.350 e. The first-order valence-electron chi connectivity index (χ1n) is 9.74. The number of carbonyl (C=O) groups is 2. The fourth-order valence-corrected chi connectivity index (χ4v) is 4.07. The number of nitrogens with zero attached hydrogens (tertiary/aromatic N) is 3. The van der Waals surface area contributed by atoms with E-state index in [1.807, 2.05) is 18.2 Å². The summed E-state index contributed by atoms with van der Waals surface area (Å²) in [6, 6.07) is 14.2. The first-order chi connectivity index (χ1) is 14.9. The smallest absolute Gasteiger partial charge is 0.272 e. The number of amides is 2. The number of hydrogen-bond donors (Lipinski definition) is 1. The van der Waals surface area contributed by atoms with Crippen molar-refractivity contribution in [2.24, 2.45) is 0 Å². The molecule has 0 saturated carbocycles. The fourth-order valence-electron chi connectivity index (χ4n) is 3.44. The number of nitrogens with one attached hydrogen (secondary N) is 1. The third kappa shape index (κ3) is 5.03. The molecule has 2 heterocycles. The summed E-state index contributed by atoms with van der Waals surface area (Å²) in [6.07, 6.45) is 0.559. The van der Waals surface area contributed by atoms with Crippen LogP contribution in [0.2, 0.25) is 15.1 Å². The molecule has 1 aromatic heterocycles. The summed E-state index contributed by atoms with van der Waals surface area (Å²) in [5.41, 5.74) is 2.51. The van der Waals surface area contributed by atoms with Crippen molar-refractivity contribution in [3.05, 3.63) is 86.1 Å². The standard InChI is InChI=1S/C22H19Cl3N4O2/c23-16-4-1-14(2-5-16)13-28-9-10-29-20(22(28)31)12-19(27-29)21(30)26-8-7-15-3-6-17(24)11-18(15)25/h1-6,11-12H,7-10,13H2,(H,26,30). The molecule has 0 bridgehead atoms. The molecule has 0 unspecified atom stereocenters. The second-order valence-corrected chi connectivity index (χ2v) is 8.51. The molecule has 1 aliphatic heterocycles. The predicted molar refractivity (Wildman–Crippen MR) is 121 cm³/mol. The molecule has 0 saturated heterocycles. The van der Waals surface area contributed by atoms with Crippen LogP contribution in [0.15, 0.2) is 48.5 Å². The summed E-state index contributed by atoms with van der Waals surface area (Å²) in [5.74, 6) is -0.482. The fraction of sp³-hybridized carbons (Fsp3) is 0.227. The average Bonchev–Trinajstić information content (AvgIpc) is 3.18. The van der Waals surface area contributed by atoms with Gasteiger partial charge in [0.2, 0.25) is 0 Å². The molecule has 1 N–H and O–H groups in total. The quantitative estimate of drug-likeness (QED) is 0.569. The second-order valence-electron chi connectivity index (χ2n) is 7.23. The lowest BCUT2D eigenvalue weighted by atomic mass is 10.1. The summed E-state index contributed by atoms with van der Waals surface area (Å²) in [6.45, 7) is 1.91. The molecule has 2 aromatic carbocycles. The minimum absolute atomic E-state index is 0.152. The van der Waals surface area contributed by atoms with Crippen LogP contribution in [-0.2, 0) is 19.5 Å². The van der Waals surface area contributed by atoms with Crippen molar-refractivity contribution in [3.8, 4) is 0 Å². The van der Waals surface area contributed by atoms with Crippen molar-refractivity contribution in [2.75, 3.05) is 13.1 Å². The first kappa shape index (κ1) is 21.7. The number of aromatic nitrogens is 2. The van der Waals surface area contributed by atoms with Crippen LogP contribution in [0.3, 0.4) is 0 Å². The van der Waals surface area contributed by atoms with E-state index in [2.05, 4.69) is 10.4 Å². The molecule has 31 heavy (non-hydrogen) atoms. The van der Waals surface area contributed by atoms with Gasteiger partial charge in [-0.05, 0) is 41.8 Å². The monoisotopic (exact) mass is 476 g/mol. The summed E-state index contributed by atoms with van der Waals surface area (Å²) in [7, 11) is 0. The minimum atomic E-state index is -0.330. The Morgan fingerprint density at radius 1 is 1.00 bits per heavy atom. The van der Waals surface area contributed by atoms with Crippen LogP contribution in [0.25, 0.3) is 0 Å². The predicted octanol–water partition coefficient (Wildman–Crippen LogP) is 4.47. The number of carbonyl (C=O) groups excluding carboxylic acids is 2. The molecule has 6 nitrogen and oxygen atoms in total. The van der Waals surface area contributed by atoms with Gasteiger partial charge in [0.15, 0.2) is 5.69 Å². The Bertz CT molecular complexity index is 1130. The van der Waals surface area contributed by atoms with Gasteiger partial charge in [-0.3, -0.25) is 14.3 Å². The van der Waals surface area contributed by atoms with Crippen molar-refractivity contribution in [1.29, 1.82) is 0 Å². The molecule has 2 amide bonds. The zero-order valence-electron chi connectivity index (χ0n) is 16.4. The van der Waals surface area contributed by atoms with Gasteiger partial charge < -0.3 is 10.2 Å². The van der Waals surface area contributed by atoms with E-state index >= 15 is 0 Å². The Labute approximate surface area is 194 Å². The van der Waals surface area contributed by atoms with Crippen LogP contribution in [0.1, 0.15) is 32.1 Å². The van der Waals surface area contributed by atoms with Crippen molar-refractivity contribution in [2.45, 2.75) is 19.5 Å². The van der Waals surface area contributed by atoms with Crippen molar-refractivity contribution in [3.63, 3.8) is 0 Å². The second kappa shape index (κ2) is 9.30. The highest BCUT2D eigenvalue weighted by atomic mass is 35.5. The van der Waals surface area contributed by atoms with Crippen LogP contribution in [0, 0.1) is 0 Å². The van der Waals surface area contributed by atoms with Crippen LogP contribution < -0.4 is 5.32 Å². The molecule has 9 heteroatoms. The number of hydrogen-bond acceptors (Lipinski definition) is 3. The van der Waals surface area contributed by atoms with Gasteiger partial charge in [-0.25, -0.2) is 0 Å². The van der Waals surface area contributed by atoms with Gasteiger partial charge in [0.05, 0.1) is 6.54 Å². The van der Waals surface area contributed by atoms with Gasteiger partial charge in [0, 0.05) is 40.8 Å². The SMILES string of the molecule is O=C(NCCc1ccc(Cl)cc1Cl)c1cc2n(n1)CCN(Cc1ccc(Cl)cc1)C2=O. The zero-order valence-corrected chi connectivity index (χ0v) is 18.7. The molecule has 0 fully saturated rings. The molecule has 3 aromatic rings. The molecule has 0 spiro atoms. The van der Waals surface area contributed by atoms with Gasteiger partial charge >= 0.3 is 0 Å². The average molecular weight is 478 g/mol. The molecule has 0 atom stereocenters. The van der Waals surface area contributed by atoms with Crippen LogP contribution in [-0.4, -0.2) is 39.6 Å². The Balaban J connectivity index is 1.38. The first-order valence-corrected chi connectivity index (χ1v) is 10.9. The third-order valence-electron chi connectivity index (χ3n) is 5.08. The van der Waals surface area contributed by atoms with E-state index < -0.39 is 0 Å². The molecule has 4 rings (SSSR count). The Kier molecular flexibility index (Phi) is 6.51. The summed E-state index contributed by atoms with van der Waals surface area (Å²) < 4.78 is 1.59.